The third kappa shape index (κ3) is 6.03. The average Bonchev–Trinajstić information content (AvgIpc) is 2.89. The second-order valence-corrected chi connectivity index (χ2v) is 8.86. The van der Waals surface area contributed by atoms with Crippen LogP contribution in [0.25, 0.3) is 10.9 Å². The van der Waals surface area contributed by atoms with E-state index in [-0.39, 0.29) is 23.7 Å². The van der Waals surface area contributed by atoms with Crippen molar-refractivity contribution in [2.45, 2.75) is 13.8 Å². The minimum Gasteiger partial charge on any atom is -0.490 e. The SMILES string of the molecule is CCOc1cc(C=Nn2c(C)nc3ccc(Br)cc3c2=O)cc([N+](=O)[O-])c1OCC(=O)Nc1ccccc1. The Morgan fingerprint density at radius 2 is 1.95 bits per heavy atom. The Hall–Kier alpha value is -4.58. The van der Waals surface area contributed by atoms with Gasteiger partial charge in [0.25, 0.3) is 11.5 Å². The van der Waals surface area contributed by atoms with Crippen molar-refractivity contribution in [3.63, 3.8) is 0 Å². The Morgan fingerprint density at radius 3 is 2.66 bits per heavy atom. The molecule has 1 amide bonds. The van der Waals surface area contributed by atoms with E-state index in [1.165, 1.54) is 18.3 Å². The number of para-hydroxylation sites is 1. The maximum atomic E-state index is 13.0. The summed E-state index contributed by atoms with van der Waals surface area (Å²) in [5.74, 6) is -0.294. The number of ether oxygens (including phenoxy) is 2. The van der Waals surface area contributed by atoms with Crippen LogP contribution in [0.3, 0.4) is 0 Å². The molecule has 0 saturated carbocycles. The average molecular weight is 580 g/mol. The molecule has 194 valence electrons. The van der Waals surface area contributed by atoms with Gasteiger partial charge >= 0.3 is 5.69 Å². The molecule has 0 bridgehead atoms. The summed E-state index contributed by atoms with van der Waals surface area (Å²) in [7, 11) is 0. The number of aryl methyl sites for hydroxylation is 1. The van der Waals surface area contributed by atoms with Crippen LogP contribution in [0.5, 0.6) is 11.5 Å². The van der Waals surface area contributed by atoms with Gasteiger partial charge < -0.3 is 14.8 Å². The molecular weight excluding hydrogens is 558 g/mol. The fraction of sp³-hybridized carbons (Fsp3) is 0.154. The van der Waals surface area contributed by atoms with Gasteiger partial charge in [-0.25, -0.2) is 4.98 Å². The number of carbonyl (C=O) groups is 1. The first-order valence-corrected chi connectivity index (χ1v) is 12.2. The highest BCUT2D eigenvalue weighted by Gasteiger charge is 2.23. The molecule has 12 heteroatoms. The van der Waals surface area contributed by atoms with Crippen LogP contribution in [0.1, 0.15) is 18.3 Å². The van der Waals surface area contributed by atoms with Gasteiger partial charge in [0.05, 0.1) is 28.6 Å². The maximum Gasteiger partial charge on any atom is 0.315 e. The Balaban J connectivity index is 1.65. The first kappa shape index (κ1) is 26.5. The fourth-order valence-electron chi connectivity index (χ4n) is 3.60. The van der Waals surface area contributed by atoms with Gasteiger partial charge in [0.2, 0.25) is 5.75 Å². The van der Waals surface area contributed by atoms with Crippen molar-refractivity contribution in [1.82, 2.24) is 9.66 Å². The summed E-state index contributed by atoms with van der Waals surface area (Å²) in [5, 5.41) is 19.1. The highest BCUT2D eigenvalue weighted by Crippen LogP contribution is 2.38. The van der Waals surface area contributed by atoms with Gasteiger partial charge in [0, 0.05) is 21.8 Å². The summed E-state index contributed by atoms with van der Waals surface area (Å²) in [5.41, 5.74) is 0.549. The number of anilines is 1. The van der Waals surface area contributed by atoms with Gasteiger partial charge in [-0.2, -0.15) is 9.78 Å². The van der Waals surface area contributed by atoms with E-state index in [0.717, 1.165) is 4.68 Å². The molecule has 0 unspecified atom stereocenters. The molecule has 0 aliphatic carbocycles. The lowest BCUT2D eigenvalue weighted by atomic mass is 10.2. The summed E-state index contributed by atoms with van der Waals surface area (Å²) in [6.07, 6.45) is 1.29. The van der Waals surface area contributed by atoms with Crippen LogP contribution in [0, 0.1) is 17.0 Å². The lowest BCUT2D eigenvalue weighted by Crippen LogP contribution is -2.21. The minimum atomic E-state index is -0.642. The number of nitrogens with zero attached hydrogens (tertiary/aromatic N) is 4. The number of fused-ring (bicyclic) bond motifs is 1. The van der Waals surface area contributed by atoms with E-state index in [0.29, 0.717) is 26.9 Å². The lowest BCUT2D eigenvalue weighted by molar-refractivity contribution is -0.385. The van der Waals surface area contributed by atoms with Gasteiger partial charge in [-0.3, -0.25) is 19.7 Å². The van der Waals surface area contributed by atoms with E-state index in [1.807, 2.05) is 6.07 Å². The predicted molar refractivity (Wildman–Crippen MR) is 146 cm³/mol. The van der Waals surface area contributed by atoms with Crippen LogP contribution in [0.2, 0.25) is 0 Å². The monoisotopic (exact) mass is 579 g/mol. The number of halogens is 1. The molecular formula is C26H22BrN5O6. The number of carbonyl (C=O) groups excluding carboxylic acids is 1. The molecule has 1 aromatic heterocycles. The molecule has 0 fully saturated rings. The summed E-state index contributed by atoms with van der Waals surface area (Å²) in [4.78, 5) is 41.0. The topological polar surface area (TPSA) is 138 Å². The number of nitro groups is 1. The zero-order chi connectivity index (χ0) is 27.2. The first-order chi connectivity index (χ1) is 18.3. The first-order valence-electron chi connectivity index (χ1n) is 11.4. The van der Waals surface area contributed by atoms with E-state index in [1.54, 1.807) is 56.3 Å². The second kappa shape index (κ2) is 11.6. The summed E-state index contributed by atoms with van der Waals surface area (Å²) in [6, 6.07) is 16.6. The van der Waals surface area contributed by atoms with Crippen molar-refractivity contribution in [1.29, 1.82) is 0 Å². The largest absolute Gasteiger partial charge is 0.490 e. The number of hydrogen-bond donors (Lipinski definition) is 1. The predicted octanol–water partition coefficient (Wildman–Crippen LogP) is 4.67. The van der Waals surface area contributed by atoms with Gasteiger partial charge in [-0.1, -0.05) is 34.1 Å². The van der Waals surface area contributed by atoms with Crippen molar-refractivity contribution in [2.75, 3.05) is 18.5 Å². The van der Waals surface area contributed by atoms with Crippen LogP contribution >= 0.6 is 15.9 Å². The molecule has 1 heterocycles. The van der Waals surface area contributed by atoms with Crippen molar-refractivity contribution in [3.8, 4) is 11.5 Å². The normalized spacial score (nSPS) is 11.0. The number of rotatable bonds is 9. The highest BCUT2D eigenvalue weighted by molar-refractivity contribution is 9.10. The summed E-state index contributed by atoms with van der Waals surface area (Å²) < 4.78 is 12.9. The second-order valence-electron chi connectivity index (χ2n) is 7.94. The number of hydrogen-bond acceptors (Lipinski definition) is 8. The Bertz CT molecular complexity index is 1600. The van der Waals surface area contributed by atoms with Gasteiger partial charge in [0.1, 0.15) is 5.82 Å². The van der Waals surface area contributed by atoms with Crippen LogP contribution < -0.4 is 20.3 Å². The Kier molecular flexibility index (Phi) is 8.12. The molecule has 11 nitrogen and oxygen atoms in total. The standard InChI is InChI=1S/C26H22BrN5O6/c1-3-37-23-12-17(14-28-31-16(2)29-21-10-9-18(27)13-20(21)26(31)34)11-22(32(35)36)25(23)38-15-24(33)30-19-7-5-4-6-8-19/h4-14H,3,15H2,1-2H3,(H,30,33). The van der Waals surface area contributed by atoms with E-state index in [9.17, 15) is 19.7 Å². The van der Waals surface area contributed by atoms with Crippen molar-refractivity contribution >= 4 is 50.3 Å². The van der Waals surface area contributed by atoms with Crippen molar-refractivity contribution < 1.29 is 19.2 Å². The van der Waals surface area contributed by atoms with E-state index in [4.69, 9.17) is 9.47 Å². The number of nitrogens with one attached hydrogen (secondary N) is 1. The van der Waals surface area contributed by atoms with Crippen LogP contribution in [0.15, 0.2) is 75.0 Å². The smallest absolute Gasteiger partial charge is 0.315 e. The number of benzene rings is 3. The molecule has 0 aliphatic heterocycles. The third-order valence-corrected chi connectivity index (χ3v) is 5.74. The number of nitro benzene ring substituents is 1. The maximum absolute atomic E-state index is 13.0. The minimum absolute atomic E-state index is 0.0558. The van der Waals surface area contributed by atoms with Crippen molar-refractivity contribution in [3.05, 3.63) is 97.0 Å². The van der Waals surface area contributed by atoms with Gasteiger partial charge in [-0.05, 0) is 50.2 Å². The molecule has 0 saturated heterocycles. The van der Waals surface area contributed by atoms with E-state index in [2.05, 4.69) is 31.3 Å². The molecule has 4 rings (SSSR count). The molecule has 4 aromatic rings. The molecule has 0 atom stereocenters. The lowest BCUT2D eigenvalue weighted by Gasteiger charge is -2.13. The highest BCUT2D eigenvalue weighted by atomic mass is 79.9. The number of amides is 1. The molecule has 0 aliphatic rings. The Labute approximate surface area is 225 Å². The van der Waals surface area contributed by atoms with Gasteiger partial charge in [-0.15, -0.1) is 0 Å². The van der Waals surface area contributed by atoms with Crippen LogP contribution in [0.4, 0.5) is 11.4 Å². The van der Waals surface area contributed by atoms with E-state index >= 15 is 0 Å². The quantitative estimate of drug-likeness (QED) is 0.172. The van der Waals surface area contributed by atoms with Crippen LogP contribution in [-0.2, 0) is 4.79 Å². The molecule has 1 N–H and O–H groups in total. The van der Waals surface area contributed by atoms with E-state index < -0.39 is 28.7 Å². The fourth-order valence-corrected chi connectivity index (χ4v) is 3.96. The zero-order valence-electron chi connectivity index (χ0n) is 20.4. The van der Waals surface area contributed by atoms with Crippen LogP contribution in [-0.4, -0.2) is 39.9 Å². The zero-order valence-corrected chi connectivity index (χ0v) is 22.0. The Morgan fingerprint density at radius 1 is 1.18 bits per heavy atom. The molecule has 0 spiro atoms. The third-order valence-electron chi connectivity index (χ3n) is 5.25. The summed E-state index contributed by atoms with van der Waals surface area (Å²) in [6.45, 7) is 3.05. The summed E-state index contributed by atoms with van der Waals surface area (Å²) >= 11 is 3.35. The molecule has 0 radical (unpaired) electrons. The van der Waals surface area contributed by atoms with Crippen molar-refractivity contribution in [2.24, 2.45) is 5.10 Å². The number of aromatic nitrogens is 2. The van der Waals surface area contributed by atoms with Gasteiger partial charge in [0.15, 0.2) is 12.4 Å². The molecule has 38 heavy (non-hydrogen) atoms. The molecule has 3 aromatic carbocycles.